The van der Waals surface area contributed by atoms with Crippen LogP contribution in [-0.4, -0.2) is 30.7 Å². The van der Waals surface area contributed by atoms with Crippen molar-refractivity contribution in [2.24, 2.45) is 5.92 Å². The van der Waals surface area contributed by atoms with Gasteiger partial charge in [-0.15, -0.1) is 0 Å². The molecule has 1 N–H and O–H groups in total. The van der Waals surface area contributed by atoms with Crippen LogP contribution in [0.4, 0.5) is 5.69 Å². The van der Waals surface area contributed by atoms with Crippen LogP contribution in [0.25, 0.3) is 0 Å². The van der Waals surface area contributed by atoms with Gasteiger partial charge in [0.1, 0.15) is 0 Å². The third-order valence-electron chi connectivity index (χ3n) is 5.04. The Morgan fingerprint density at radius 3 is 2.52 bits per heavy atom. The number of halogens is 2. The number of piperidine rings is 1. The van der Waals surface area contributed by atoms with Gasteiger partial charge in [0.25, 0.3) is 0 Å². The van der Waals surface area contributed by atoms with Crippen LogP contribution in [0.2, 0.25) is 10.0 Å². The summed E-state index contributed by atoms with van der Waals surface area (Å²) in [7, 11) is 0. The number of hydrogen-bond acceptors (Lipinski definition) is 4. The molecular weight excluding hydrogens is 387 g/mol. The van der Waals surface area contributed by atoms with Gasteiger partial charge in [-0.25, -0.2) is 0 Å². The summed E-state index contributed by atoms with van der Waals surface area (Å²) in [6, 6.07) is 11.0. The summed E-state index contributed by atoms with van der Waals surface area (Å²) in [5, 5.41) is 4.36. The second kappa shape index (κ2) is 7.97. The Morgan fingerprint density at radius 1 is 1.07 bits per heavy atom. The summed E-state index contributed by atoms with van der Waals surface area (Å²) in [5.41, 5.74) is 1.68. The smallest absolute Gasteiger partial charge is 0.231 e. The fraction of sp³-hybridized carbons (Fsp3) is 0.350. The highest BCUT2D eigenvalue weighted by Crippen LogP contribution is 2.34. The van der Waals surface area contributed by atoms with E-state index >= 15 is 0 Å². The third kappa shape index (κ3) is 4.15. The highest BCUT2D eigenvalue weighted by Gasteiger charge is 2.26. The Labute approximate surface area is 168 Å². The molecule has 2 heterocycles. The highest BCUT2D eigenvalue weighted by molar-refractivity contribution is 6.35. The molecule has 0 saturated carbocycles. The average molecular weight is 407 g/mol. The second-order valence-electron chi connectivity index (χ2n) is 6.81. The van der Waals surface area contributed by atoms with Crippen molar-refractivity contribution in [1.82, 2.24) is 4.90 Å². The molecule has 0 aromatic heterocycles. The molecule has 4 rings (SSSR count). The minimum atomic E-state index is -0.00612. The predicted octanol–water partition coefficient (Wildman–Crippen LogP) is 4.57. The average Bonchev–Trinajstić information content (AvgIpc) is 3.13. The monoisotopic (exact) mass is 406 g/mol. The highest BCUT2D eigenvalue weighted by atomic mass is 35.5. The van der Waals surface area contributed by atoms with Crippen LogP contribution < -0.4 is 14.8 Å². The number of benzene rings is 2. The Balaban J connectivity index is 1.32. The molecule has 0 bridgehead atoms. The minimum Gasteiger partial charge on any atom is -0.454 e. The maximum atomic E-state index is 12.6. The Hall–Kier alpha value is -1.95. The Kier molecular flexibility index (Phi) is 5.43. The van der Waals surface area contributed by atoms with Gasteiger partial charge in [-0.1, -0.05) is 29.3 Å². The summed E-state index contributed by atoms with van der Waals surface area (Å²) in [4.78, 5) is 14.9. The van der Waals surface area contributed by atoms with Gasteiger partial charge in [-0.05, 0) is 50.2 Å². The van der Waals surface area contributed by atoms with Crippen LogP contribution in [0.15, 0.2) is 36.4 Å². The van der Waals surface area contributed by atoms with Gasteiger partial charge in [-0.3, -0.25) is 9.69 Å². The number of ether oxygens (including phenoxy) is 2. The Morgan fingerprint density at radius 2 is 1.78 bits per heavy atom. The van der Waals surface area contributed by atoms with E-state index in [9.17, 15) is 4.79 Å². The molecule has 5 nitrogen and oxygen atoms in total. The molecule has 0 radical (unpaired) electrons. The van der Waals surface area contributed by atoms with E-state index in [0.29, 0.717) is 28.1 Å². The summed E-state index contributed by atoms with van der Waals surface area (Å²) in [6.07, 6.45) is 1.61. The van der Waals surface area contributed by atoms with E-state index < -0.39 is 0 Å². The molecule has 1 amide bonds. The molecule has 2 aromatic rings. The van der Waals surface area contributed by atoms with Gasteiger partial charge >= 0.3 is 0 Å². The van der Waals surface area contributed by atoms with Crippen LogP contribution in [0.5, 0.6) is 11.5 Å². The van der Waals surface area contributed by atoms with E-state index in [4.69, 9.17) is 32.7 Å². The number of likely N-dealkylation sites (tertiary alicyclic amines) is 1. The SMILES string of the molecule is O=C(Nc1ccc2c(c1)OCO2)C1CCN(Cc2c(Cl)cccc2Cl)CC1. The quantitative estimate of drug-likeness (QED) is 0.807. The fourth-order valence-electron chi connectivity index (χ4n) is 3.48. The maximum absolute atomic E-state index is 12.6. The van der Waals surface area contributed by atoms with Crippen molar-refractivity contribution in [2.45, 2.75) is 19.4 Å². The fourth-order valence-corrected chi connectivity index (χ4v) is 4.00. The van der Waals surface area contributed by atoms with Crippen molar-refractivity contribution < 1.29 is 14.3 Å². The molecule has 0 spiro atoms. The zero-order chi connectivity index (χ0) is 18.8. The molecule has 7 heteroatoms. The number of fused-ring (bicyclic) bond motifs is 1. The molecule has 2 aliphatic heterocycles. The molecule has 27 heavy (non-hydrogen) atoms. The first-order chi connectivity index (χ1) is 13.1. The van der Waals surface area contributed by atoms with Gasteiger partial charge in [0.05, 0.1) is 0 Å². The first-order valence-electron chi connectivity index (χ1n) is 8.96. The van der Waals surface area contributed by atoms with Crippen molar-refractivity contribution in [3.8, 4) is 11.5 Å². The number of carbonyl (C=O) groups excluding carboxylic acids is 1. The van der Waals surface area contributed by atoms with E-state index in [1.807, 2.05) is 30.3 Å². The first-order valence-corrected chi connectivity index (χ1v) is 9.71. The number of amides is 1. The van der Waals surface area contributed by atoms with E-state index in [1.54, 1.807) is 6.07 Å². The van der Waals surface area contributed by atoms with Crippen LogP contribution in [0.3, 0.4) is 0 Å². The van der Waals surface area contributed by atoms with Crippen molar-refractivity contribution in [3.63, 3.8) is 0 Å². The molecule has 0 unspecified atom stereocenters. The standard InChI is InChI=1S/C20H20Cl2N2O3/c21-16-2-1-3-17(22)15(16)11-24-8-6-13(7-9-24)20(25)23-14-4-5-18-19(10-14)27-12-26-18/h1-5,10,13H,6-9,11-12H2,(H,23,25). The van der Waals surface area contributed by atoms with E-state index in [1.165, 1.54) is 0 Å². The van der Waals surface area contributed by atoms with Crippen molar-refractivity contribution in [2.75, 3.05) is 25.2 Å². The number of hydrogen-bond donors (Lipinski definition) is 1. The van der Waals surface area contributed by atoms with Gasteiger partial charge in [-0.2, -0.15) is 0 Å². The lowest BCUT2D eigenvalue weighted by Gasteiger charge is -2.31. The van der Waals surface area contributed by atoms with E-state index in [-0.39, 0.29) is 18.6 Å². The zero-order valence-electron chi connectivity index (χ0n) is 14.7. The van der Waals surface area contributed by atoms with E-state index in [0.717, 1.165) is 37.2 Å². The minimum absolute atomic E-state index is 0.00612. The Bertz CT molecular complexity index is 831. The number of nitrogens with one attached hydrogen (secondary N) is 1. The summed E-state index contributed by atoms with van der Waals surface area (Å²) >= 11 is 12.5. The maximum Gasteiger partial charge on any atom is 0.231 e. The number of rotatable bonds is 4. The number of nitrogens with zero attached hydrogens (tertiary/aromatic N) is 1. The summed E-state index contributed by atoms with van der Waals surface area (Å²) in [6.45, 7) is 2.59. The van der Waals surface area contributed by atoms with Crippen molar-refractivity contribution >= 4 is 34.8 Å². The largest absolute Gasteiger partial charge is 0.454 e. The van der Waals surface area contributed by atoms with Gasteiger partial charge < -0.3 is 14.8 Å². The van der Waals surface area contributed by atoms with Crippen LogP contribution in [0.1, 0.15) is 18.4 Å². The molecule has 0 atom stereocenters. The van der Waals surface area contributed by atoms with Crippen molar-refractivity contribution in [3.05, 3.63) is 52.0 Å². The normalized spacial score (nSPS) is 17.1. The molecule has 2 aromatic carbocycles. The van der Waals surface area contributed by atoms with Gasteiger partial charge in [0.2, 0.25) is 12.7 Å². The zero-order valence-corrected chi connectivity index (χ0v) is 16.2. The van der Waals surface area contributed by atoms with Crippen LogP contribution >= 0.6 is 23.2 Å². The molecular formula is C20H20Cl2N2O3. The summed E-state index contributed by atoms with van der Waals surface area (Å²) < 4.78 is 10.6. The number of anilines is 1. The molecule has 142 valence electrons. The van der Waals surface area contributed by atoms with Gasteiger partial charge in [0, 0.05) is 39.8 Å². The van der Waals surface area contributed by atoms with Crippen molar-refractivity contribution in [1.29, 1.82) is 0 Å². The molecule has 1 saturated heterocycles. The van der Waals surface area contributed by atoms with Crippen LogP contribution in [-0.2, 0) is 11.3 Å². The molecule has 2 aliphatic rings. The lowest BCUT2D eigenvalue weighted by atomic mass is 9.95. The van der Waals surface area contributed by atoms with E-state index in [2.05, 4.69) is 10.2 Å². The molecule has 1 fully saturated rings. The van der Waals surface area contributed by atoms with Gasteiger partial charge in [0.15, 0.2) is 11.5 Å². The lowest BCUT2D eigenvalue weighted by molar-refractivity contribution is -0.121. The third-order valence-corrected chi connectivity index (χ3v) is 5.75. The number of carbonyl (C=O) groups is 1. The topological polar surface area (TPSA) is 50.8 Å². The lowest BCUT2D eigenvalue weighted by Crippen LogP contribution is -2.37. The molecule has 0 aliphatic carbocycles. The predicted molar refractivity (Wildman–Crippen MR) is 106 cm³/mol. The first kappa shape index (κ1) is 18.4. The van der Waals surface area contributed by atoms with Crippen LogP contribution in [0, 0.1) is 5.92 Å². The summed E-state index contributed by atoms with van der Waals surface area (Å²) in [5.74, 6) is 1.41. The second-order valence-corrected chi connectivity index (χ2v) is 7.62.